The molecular formula is C17H28N2OS. The Kier molecular flexibility index (Phi) is 5.44. The van der Waals surface area contributed by atoms with Crippen molar-refractivity contribution in [1.29, 1.82) is 0 Å². The maximum absolute atomic E-state index is 12.9. The van der Waals surface area contributed by atoms with Gasteiger partial charge in [-0.15, -0.1) is 11.3 Å². The lowest BCUT2D eigenvalue weighted by molar-refractivity contribution is -0.133. The summed E-state index contributed by atoms with van der Waals surface area (Å²) in [7, 11) is 0. The SMILES string of the molecule is CCCC1(C(=O)NC(C)c2cc(C)sc2C)CCCNC1. The molecule has 0 radical (unpaired) electrons. The van der Waals surface area contributed by atoms with Crippen molar-refractivity contribution in [2.75, 3.05) is 13.1 Å². The highest BCUT2D eigenvalue weighted by molar-refractivity contribution is 7.12. The van der Waals surface area contributed by atoms with Gasteiger partial charge >= 0.3 is 0 Å². The van der Waals surface area contributed by atoms with E-state index in [-0.39, 0.29) is 17.4 Å². The molecule has 2 rings (SSSR count). The number of amides is 1. The summed E-state index contributed by atoms with van der Waals surface area (Å²) in [5.74, 6) is 0.229. The van der Waals surface area contributed by atoms with E-state index in [1.54, 1.807) is 11.3 Å². The average molecular weight is 308 g/mol. The molecule has 1 aliphatic rings. The van der Waals surface area contributed by atoms with Gasteiger partial charge < -0.3 is 10.6 Å². The van der Waals surface area contributed by atoms with Crippen molar-refractivity contribution < 1.29 is 4.79 Å². The van der Waals surface area contributed by atoms with E-state index in [9.17, 15) is 4.79 Å². The van der Waals surface area contributed by atoms with Crippen LogP contribution >= 0.6 is 11.3 Å². The zero-order chi connectivity index (χ0) is 15.5. The Morgan fingerprint density at radius 1 is 1.52 bits per heavy atom. The first-order valence-corrected chi connectivity index (χ1v) is 8.89. The molecule has 0 aliphatic carbocycles. The molecule has 3 nitrogen and oxygen atoms in total. The Hall–Kier alpha value is -0.870. The molecule has 2 unspecified atom stereocenters. The standard InChI is InChI=1S/C17H28N2OS/c1-5-7-17(8-6-9-18-11-17)16(20)19-13(3)15-10-12(2)21-14(15)4/h10,13,18H,5-9,11H2,1-4H3,(H,19,20). The van der Waals surface area contributed by atoms with Crippen LogP contribution in [0.3, 0.4) is 0 Å². The molecule has 2 atom stereocenters. The van der Waals surface area contributed by atoms with Crippen LogP contribution in [0.5, 0.6) is 0 Å². The maximum atomic E-state index is 12.9. The summed E-state index contributed by atoms with van der Waals surface area (Å²) >= 11 is 1.81. The van der Waals surface area contributed by atoms with Crippen LogP contribution in [0.25, 0.3) is 0 Å². The largest absolute Gasteiger partial charge is 0.349 e. The van der Waals surface area contributed by atoms with Crippen molar-refractivity contribution in [3.63, 3.8) is 0 Å². The van der Waals surface area contributed by atoms with Gasteiger partial charge in [0.25, 0.3) is 0 Å². The van der Waals surface area contributed by atoms with Gasteiger partial charge in [-0.1, -0.05) is 13.3 Å². The van der Waals surface area contributed by atoms with E-state index in [1.165, 1.54) is 15.3 Å². The zero-order valence-electron chi connectivity index (χ0n) is 13.7. The quantitative estimate of drug-likeness (QED) is 0.870. The van der Waals surface area contributed by atoms with Crippen LogP contribution in [0.1, 0.15) is 60.9 Å². The Morgan fingerprint density at radius 3 is 2.81 bits per heavy atom. The van der Waals surface area contributed by atoms with E-state index < -0.39 is 0 Å². The molecule has 118 valence electrons. The van der Waals surface area contributed by atoms with Gasteiger partial charge in [-0.25, -0.2) is 0 Å². The average Bonchev–Trinajstić information content (AvgIpc) is 2.79. The lowest BCUT2D eigenvalue weighted by Gasteiger charge is -2.37. The first kappa shape index (κ1) is 16.5. The summed E-state index contributed by atoms with van der Waals surface area (Å²) in [6, 6.07) is 2.30. The molecule has 1 fully saturated rings. The monoisotopic (exact) mass is 308 g/mol. The van der Waals surface area contributed by atoms with Gasteiger partial charge in [0.2, 0.25) is 5.91 Å². The summed E-state index contributed by atoms with van der Waals surface area (Å²) in [5, 5.41) is 6.68. The Labute approximate surface area is 132 Å². The van der Waals surface area contributed by atoms with Crippen molar-refractivity contribution in [3.8, 4) is 0 Å². The molecule has 1 aromatic heterocycles. The number of carbonyl (C=O) groups is 1. The van der Waals surface area contributed by atoms with Crippen LogP contribution in [0.2, 0.25) is 0 Å². The predicted molar refractivity (Wildman–Crippen MR) is 89.8 cm³/mol. The molecule has 0 bridgehead atoms. The van der Waals surface area contributed by atoms with E-state index in [4.69, 9.17) is 0 Å². The minimum absolute atomic E-state index is 0.0955. The van der Waals surface area contributed by atoms with Crippen LogP contribution in [0.15, 0.2) is 6.07 Å². The van der Waals surface area contributed by atoms with Gasteiger partial charge in [0, 0.05) is 16.3 Å². The molecule has 4 heteroatoms. The Morgan fingerprint density at radius 2 is 2.29 bits per heavy atom. The topological polar surface area (TPSA) is 41.1 Å². The fourth-order valence-electron chi connectivity index (χ4n) is 3.47. The molecule has 2 heterocycles. The second-order valence-electron chi connectivity index (χ2n) is 6.37. The molecule has 2 N–H and O–H groups in total. The van der Waals surface area contributed by atoms with Crippen molar-refractivity contribution in [1.82, 2.24) is 10.6 Å². The lowest BCUT2D eigenvalue weighted by atomic mass is 9.76. The first-order valence-electron chi connectivity index (χ1n) is 8.07. The van der Waals surface area contributed by atoms with E-state index in [1.807, 2.05) is 0 Å². The highest BCUT2D eigenvalue weighted by atomic mass is 32.1. The van der Waals surface area contributed by atoms with Crippen molar-refractivity contribution in [3.05, 3.63) is 21.4 Å². The van der Waals surface area contributed by atoms with Gasteiger partial charge in [-0.2, -0.15) is 0 Å². The highest BCUT2D eigenvalue weighted by Gasteiger charge is 2.39. The number of piperidine rings is 1. The van der Waals surface area contributed by atoms with Crippen LogP contribution in [-0.2, 0) is 4.79 Å². The molecule has 21 heavy (non-hydrogen) atoms. The smallest absolute Gasteiger partial charge is 0.227 e. The number of hydrogen-bond acceptors (Lipinski definition) is 3. The summed E-state index contributed by atoms with van der Waals surface area (Å²) in [4.78, 5) is 15.5. The number of aryl methyl sites for hydroxylation is 2. The Bertz CT molecular complexity index is 483. The van der Waals surface area contributed by atoms with Crippen molar-refractivity contribution >= 4 is 17.2 Å². The normalized spacial score (nSPS) is 23.8. The second-order valence-corrected chi connectivity index (χ2v) is 7.83. The van der Waals surface area contributed by atoms with Crippen LogP contribution in [0, 0.1) is 19.3 Å². The minimum Gasteiger partial charge on any atom is -0.349 e. The highest BCUT2D eigenvalue weighted by Crippen LogP contribution is 2.33. The molecule has 0 saturated carbocycles. The molecule has 1 amide bonds. The molecular weight excluding hydrogens is 280 g/mol. The summed E-state index contributed by atoms with van der Waals surface area (Å²) in [6.07, 6.45) is 4.13. The van der Waals surface area contributed by atoms with Crippen LogP contribution in [-0.4, -0.2) is 19.0 Å². The van der Waals surface area contributed by atoms with Crippen molar-refractivity contribution in [2.45, 2.75) is 59.4 Å². The van der Waals surface area contributed by atoms with E-state index in [0.717, 1.165) is 38.8 Å². The summed E-state index contributed by atoms with van der Waals surface area (Å²) in [6.45, 7) is 10.4. The second kappa shape index (κ2) is 6.93. The number of rotatable bonds is 5. The third-order valence-corrected chi connectivity index (χ3v) is 5.56. The molecule has 0 spiro atoms. The first-order chi connectivity index (χ1) is 9.98. The van der Waals surface area contributed by atoms with E-state index in [0.29, 0.717) is 0 Å². The zero-order valence-corrected chi connectivity index (χ0v) is 14.5. The number of hydrogen-bond donors (Lipinski definition) is 2. The molecule has 1 saturated heterocycles. The summed E-state index contributed by atoms with van der Waals surface area (Å²) in [5.41, 5.74) is 1.06. The number of carbonyl (C=O) groups excluding carboxylic acids is 1. The fourth-order valence-corrected chi connectivity index (χ4v) is 4.50. The number of nitrogens with one attached hydrogen (secondary N) is 2. The Balaban J connectivity index is 2.09. The van der Waals surface area contributed by atoms with Gasteiger partial charge in [0.15, 0.2) is 0 Å². The van der Waals surface area contributed by atoms with Gasteiger partial charge in [0.1, 0.15) is 0 Å². The fraction of sp³-hybridized carbons (Fsp3) is 0.706. The van der Waals surface area contributed by atoms with Crippen LogP contribution in [0.4, 0.5) is 0 Å². The van der Waals surface area contributed by atoms with E-state index in [2.05, 4.69) is 44.4 Å². The van der Waals surface area contributed by atoms with Gasteiger partial charge in [-0.05, 0) is 58.2 Å². The lowest BCUT2D eigenvalue weighted by Crippen LogP contribution is -2.50. The van der Waals surface area contributed by atoms with Gasteiger partial charge in [0.05, 0.1) is 11.5 Å². The summed E-state index contributed by atoms with van der Waals surface area (Å²) < 4.78 is 0. The van der Waals surface area contributed by atoms with E-state index >= 15 is 0 Å². The third kappa shape index (κ3) is 3.67. The molecule has 1 aromatic rings. The number of thiophene rings is 1. The predicted octanol–water partition coefficient (Wildman–Crippen LogP) is 3.71. The maximum Gasteiger partial charge on any atom is 0.227 e. The molecule has 1 aliphatic heterocycles. The van der Waals surface area contributed by atoms with Crippen molar-refractivity contribution in [2.24, 2.45) is 5.41 Å². The van der Waals surface area contributed by atoms with Gasteiger partial charge in [-0.3, -0.25) is 4.79 Å². The molecule has 0 aromatic carbocycles. The van der Waals surface area contributed by atoms with Crippen LogP contribution < -0.4 is 10.6 Å². The minimum atomic E-state index is -0.208. The third-order valence-electron chi connectivity index (χ3n) is 4.58.